The fourth-order valence-corrected chi connectivity index (χ4v) is 3.11. The van der Waals surface area contributed by atoms with Crippen molar-refractivity contribution in [2.45, 2.75) is 6.92 Å². The van der Waals surface area contributed by atoms with Gasteiger partial charge in [0, 0.05) is 15.6 Å². The number of rotatable bonds is 5. The quantitative estimate of drug-likeness (QED) is 0.289. The molecule has 4 rings (SSSR count). The lowest BCUT2D eigenvalue weighted by Gasteiger charge is -2.06. The summed E-state index contributed by atoms with van der Waals surface area (Å²) >= 11 is 3.31. The number of anilines is 1. The maximum absolute atomic E-state index is 12.8. The van der Waals surface area contributed by atoms with Gasteiger partial charge in [-0.15, -0.1) is 5.10 Å². The van der Waals surface area contributed by atoms with Crippen molar-refractivity contribution in [3.63, 3.8) is 0 Å². The van der Waals surface area contributed by atoms with Crippen LogP contribution in [0.4, 0.5) is 5.82 Å². The number of carbonyl (C=O) groups is 1. The topological polar surface area (TPSA) is 157 Å². The molecule has 31 heavy (non-hydrogen) atoms. The van der Waals surface area contributed by atoms with Crippen molar-refractivity contribution in [2.75, 3.05) is 5.73 Å². The number of aromatic hydroxyl groups is 1. The normalized spacial score (nSPS) is 11.2. The molecule has 2 aromatic heterocycles. The molecule has 0 atom stereocenters. The molecule has 0 saturated heterocycles. The van der Waals surface area contributed by atoms with E-state index in [9.17, 15) is 9.90 Å². The van der Waals surface area contributed by atoms with E-state index >= 15 is 0 Å². The Balaban J connectivity index is 1.69. The molecule has 0 aliphatic rings. The summed E-state index contributed by atoms with van der Waals surface area (Å²) in [7, 11) is 0. The summed E-state index contributed by atoms with van der Waals surface area (Å²) in [6, 6.07) is 12.2. The molecule has 1 amide bonds. The fourth-order valence-electron chi connectivity index (χ4n) is 2.73. The molecule has 0 fully saturated rings. The van der Waals surface area contributed by atoms with E-state index in [1.807, 2.05) is 31.2 Å². The Morgan fingerprint density at radius 3 is 2.74 bits per heavy atom. The summed E-state index contributed by atoms with van der Waals surface area (Å²) in [5, 5.41) is 29.0. The first-order valence-electron chi connectivity index (χ1n) is 8.87. The monoisotopic (exact) mass is 482 g/mol. The summed E-state index contributed by atoms with van der Waals surface area (Å²) in [5.74, 6) is -0.512. The number of nitrogens with zero attached hydrogens (tertiary/aromatic N) is 6. The van der Waals surface area contributed by atoms with E-state index in [1.54, 1.807) is 12.1 Å². The van der Waals surface area contributed by atoms with Gasteiger partial charge in [0.25, 0.3) is 5.91 Å². The van der Waals surface area contributed by atoms with Crippen LogP contribution in [0.5, 0.6) is 5.75 Å². The van der Waals surface area contributed by atoms with Gasteiger partial charge < -0.3 is 10.8 Å². The maximum atomic E-state index is 12.8. The summed E-state index contributed by atoms with van der Waals surface area (Å²) in [5.41, 5.74) is 10.6. The summed E-state index contributed by atoms with van der Waals surface area (Å²) < 4.78 is 6.67. The predicted octanol–water partition coefficient (Wildman–Crippen LogP) is 2.44. The van der Waals surface area contributed by atoms with Crippen molar-refractivity contribution < 1.29 is 14.5 Å². The number of aromatic nitrogens is 5. The van der Waals surface area contributed by atoms with E-state index < -0.39 is 5.91 Å². The van der Waals surface area contributed by atoms with Crippen LogP contribution in [0.1, 0.15) is 21.6 Å². The first-order valence-corrected chi connectivity index (χ1v) is 9.66. The Kier molecular flexibility index (Phi) is 5.45. The highest BCUT2D eigenvalue weighted by Gasteiger charge is 2.25. The Morgan fingerprint density at radius 2 is 2.03 bits per heavy atom. The van der Waals surface area contributed by atoms with E-state index in [2.05, 4.69) is 51.7 Å². The van der Waals surface area contributed by atoms with Gasteiger partial charge in [0.2, 0.25) is 11.6 Å². The number of amides is 1. The first-order chi connectivity index (χ1) is 14.9. The number of phenolic OH excluding ortho intramolecular Hbond substituents is 1. The lowest BCUT2D eigenvalue weighted by Crippen LogP contribution is -2.19. The summed E-state index contributed by atoms with van der Waals surface area (Å²) in [4.78, 5) is 12.8. The Labute approximate surface area is 183 Å². The summed E-state index contributed by atoms with van der Waals surface area (Å²) in [6.45, 7) is 1.94. The number of nitrogens with one attached hydrogen (secondary N) is 1. The van der Waals surface area contributed by atoms with E-state index in [0.29, 0.717) is 16.8 Å². The van der Waals surface area contributed by atoms with Crippen LogP contribution in [0.25, 0.3) is 17.1 Å². The lowest BCUT2D eigenvalue weighted by molar-refractivity contribution is 0.0950. The molecule has 2 heterocycles. The molecule has 4 aromatic rings. The minimum absolute atomic E-state index is 0.00614. The van der Waals surface area contributed by atoms with Crippen molar-refractivity contribution in [3.05, 3.63) is 63.8 Å². The van der Waals surface area contributed by atoms with Crippen LogP contribution in [-0.2, 0) is 0 Å². The van der Waals surface area contributed by atoms with Gasteiger partial charge in [0.1, 0.15) is 11.4 Å². The zero-order valence-electron chi connectivity index (χ0n) is 16.0. The summed E-state index contributed by atoms with van der Waals surface area (Å²) in [6.07, 6.45) is 1.31. The van der Waals surface area contributed by atoms with Crippen LogP contribution >= 0.6 is 15.9 Å². The van der Waals surface area contributed by atoms with Gasteiger partial charge in [-0.1, -0.05) is 51.0 Å². The molecule has 156 valence electrons. The highest BCUT2D eigenvalue weighted by Crippen LogP contribution is 2.26. The second-order valence-corrected chi connectivity index (χ2v) is 7.36. The van der Waals surface area contributed by atoms with Crippen LogP contribution in [-0.4, -0.2) is 42.5 Å². The van der Waals surface area contributed by atoms with Crippen LogP contribution < -0.4 is 11.2 Å². The largest absolute Gasteiger partial charge is 0.507 e. The third-order valence-electron chi connectivity index (χ3n) is 4.27. The molecule has 2 aromatic carbocycles. The van der Waals surface area contributed by atoms with Gasteiger partial charge in [-0.2, -0.15) is 9.78 Å². The van der Waals surface area contributed by atoms with Gasteiger partial charge in [-0.3, -0.25) is 4.79 Å². The first kappa shape index (κ1) is 20.2. The number of nitrogen functional groups attached to an aromatic ring is 1. The Morgan fingerprint density at radius 1 is 1.26 bits per heavy atom. The van der Waals surface area contributed by atoms with Crippen LogP contribution in [0.3, 0.4) is 0 Å². The maximum Gasteiger partial charge on any atom is 0.294 e. The van der Waals surface area contributed by atoms with Gasteiger partial charge in [0.05, 0.1) is 6.21 Å². The van der Waals surface area contributed by atoms with Crippen molar-refractivity contribution in [2.24, 2.45) is 5.10 Å². The zero-order valence-corrected chi connectivity index (χ0v) is 17.6. The molecule has 0 saturated carbocycles. The Bertz CT molecular complexity index is 1280. The number of carbonyl (C=O) groups excluding carboxylic acids is 1. The highest BCUT2D eigenvalue weighted by molar-refractivity contribution is 9.10. The molecular formula is C19H15BrN8O3. The average molecular weight is 483 g/mol. The molecule has 0 aliphatic heterocycles. The Hall–Kier alpha value is -4.06. The standard InChI is InChI=1S/C19H15BrN8O3/c1-10-2-4-11(5-3-10)16-15(23-27-28(16)18-17(21)25-31-26-18)19(30)24-22-9-12-8-13(20)6-7-14(12)29/h2-9,29H,1H3,(H2,21,25)(H,24,30)/b22-9+. The van der Waals surface area contributed by atoms with Gasteiger partial charge >= 0.3 is 0 Å². The molecule has 0 aliphatic carbocycles. The predicted molar refractivity (Wildman–Crippen MR) is 115 cm³/mol. The number of aryl methyl sites for hydroxylation is 1. The number of phenols is 1. The molecule has 11 nitrogen and oxygen atoms in total. The average Bonchev–Trinajstić information content (AvgIpc) is 3.37. The van der Waals surface area contributed by atoms with E-state index in [4.69, 9.17) is 5.73 Å². The zero-order chi connectivity index (χ0) is 22.0. The molecule has 4 N–H and O–H groups in total. The third kappa shape index (κ3) is 4.14. The van der Waals surface area contributed by atoms with Crippen molar-refractivity contribution in [1.29, 1.82) is 0 Å². The van der Waals surface area contributed by atoms with E-state index in [-0.39, 0.29) is 23.1 Å². The van der Waals surface area contributed by atoms with Crippen LogP contribution in [0.15, 0.2) is 56.7 Å². The van der Waals surface area contributed by atoms with Crippen molar-refractivity contribution in [3.8, 4) is 22.8 Å². The van der Waals surface area contributed by atoms with Gasteiger partial charge in [-0.05, 0) is 35.4 Å². The number of hydrazone groups is 1. The third-order valence-corrected chi connectivity index (χ3v) is 4.76. The van der Waals surface area contributed by atoms with Crippen LogP contribution in [0, 0.1) is 6.92 Å². The molecule has 0 radical (unpaired) electrons. The minimum Gasteiger partial charge on any atom is -0.507 e. The molecule has 0 spiro atoms. The second kappa shape index (κ2) is 8.36. The number of nitrogens with two attached hydrogens (primary N) is 1. The molecule has 0 unspecified atom stereocenters. The number of benzene rings is 2. The lowest BCUT2D eigenvalue weighted by atomic mass is 10.1. The number of halogens is 1. The number of hydrogen-bond donors (Lipinski definition) is 3. The van der Waals surface area contributed by atoms with E-state index in [0.717, 1.165) is 10.0 Å². The van der Waals surface area contributed by atoms with Crippen molar-refractivity contribution in [1.82, 2.24) is 30.7 Å². The smallest absolute Gasteiger partial charge is 0.294 e. The molecular weight excluding hydrogens is 468 g/mol. The SMILES string of the molecule is Cc1ccc(-c2c(C(=O)N/N=C/c3cc(Br)ccc3O)nnn2-c2nonc2N)cc1. The fraction of sp³-hybridized carbons (Fsp3) is 0.0526. The molecule has 0 bridgehead atoms. The van der Waals surface area contributed by atoms with E-state index in [1.165, 1.54) is 17.0 Å². The minimum atomic E-state index is -0.623. The molecule has 12 heteroatoms. The second-order valence-electron chi connectivity index (χ2n) is 6.44. The van der Waals surface area contributed by atoms with Crippen molar-refractivity contribution >= 4 is 33.9 Å². The number of hydrogen-bond acceptors (Lipinski definition) is 9. The van der Waals surface area contributed by atoms with Crippen LogP contribution in [0.2, 0.25) is 0 Å². The van der Waals surface area contributed by atoms with Gasteiger partial charge in [-0.25, -0.2) is 10.1 Å². The highest BCUT2D eigenvalue weighted by atomic mass is 79.9. The van der Waals surface area contributed by atoms with Gasteiger partial charge in [0.15, 0.2) is 5.69 Å².